The predicted molar refractivity (Wildman–Crippen MR) is 57.9 cm³/mol. The Morgan fingerprint density at radius 3 is 3.00 bits per heavy atom. The molecular weight excluding hydrogens is 172 g/mol. The molecular formula is C12H18N2. The fourth-order valence-corrected chi connectivity index (χ4v) is 2.19. The molecule has 2 nitrogen and oxygen atoms in total. The van der Waals surface area contributed by atoms with Gasteiger partial charge < -0.3 is 5.32 Å². The van der Waals surface area contributed by atoms with E-state index in [2.05, 4.69) is 23.3 Å². The summed E-state index contributed by atoms with van der Waals surface area (Å²) in [4.78, 5) is 4.30. The Morgan fingerprint density at radius 1 is 1.43 bits per heavy atom. The molecule has 1 N–H and O–H groups in total. The van der Waals surface area contributed by atoms with Crippen LogP contribution in [-0.2, 0) is 6.54 Å². The van der Waals surface area contributed by atoms with E-state index in [0.29, 0.717) is 6.04 Å². The molecule has 1 aliphatic rings. The monoisotopic (exact) mass is 190 g/mol. The van der Waals surface area contributed by atoms with E-state index in [-0.39, 0.29) is 0 Å². The lowest BCUT2D eigenvalue weighted by atomic mass is 10.1. The van der Waals surface area contributed by atoms with Crippen LogP contribution < -0.4 is 5.32 Å². The van der Waals surface area contributed by atoms with Crippen LogP contribution in [0.2, 0.25) is 0 Å². The molecule has 1 fully saturated rings. The molecule has 2 atom stereocenters. The van der Waals surface area contributed by atoms with E-state index < -0.39 is 0 Å². The summed E-state index contributed by atoms with van der Waals surface area (Å²) in [6.45, 7) is 3.25. The third kappa shape index (κ3) is 2.32. The van der Waals surface area contributed by atoms with Crippen LogP contribution in [0.1, 0.15) is 31.9 Å². The first kappa shape index (κ1) is 9.66. The van der Waals surface area contributed by atoms with E-state index in [9.17, 15) is 0 Å². The van der Waals surface area contributed by atoms with Crippen LogP contribution >= 0.6 is 0 Å². The molecule has 0 unspecified atom stereocenters. The van der Waals surface area contributed by atoms with Crippen molar-refractivity contribution in [3.63, 3.8) is 0 Å². The molecule has 2 heteroatoms. The second-order valence-corrected chi connectivity index (χ2v) is 4.22. The van der Waals surface area contributed by atoms with Gasteiger partial charge in [-0.3, -0.25) is 4.98 Å². The van der Waals surface area contributed by atoms with Crippen LogP contribution in [0.5, 0.6) is 0 Å². The first-order valence-electron chi connectivity index (χ1n) is 5.49. The summed E-state index contributed by atoms with van der Waals surface area (Å²) in [7, 11) is 0. The molecule has 1 aromatic heterocycles. The van der Waals surface area contributed by atoms with Crippen LogP contribution in [-0.4, -0.2) is 11.0 Å². The zero-order chi connectivity index (χ0) is 9.80. The molecule has 1 aliphatic carbocycles. The van der Waals surface area contributed by atoms with Gasteiger partial charge in [-0.25, -0.2) is 0 Å². The minimum Gasteiger partial charge on any atom is -0.308 e. The SMILES string of the molecule is C[C@@H]1CCC[C@H]1NCc1ccccn1. The molecule has 0 saturated heterocycles. The molecule has 76 valence electrons. The molecule has 0 aromatic carbocycles. The molecule has 0 bridgehead atoms. The molecule has 0 radical (unpaired) electrons. The van der Waals surface area contributed by atoms with Crippen molar-refractivity contribution < 1.29 is 0 Å². The minimum atomic E-state index is 0.706. The number of nitrogens with zero attached hydrogens (tertiary/aromatic N) is 1. The Bertz CT molecular complexity index is 271. The first-order valence-corrected chi connectivity index (χ1v) is 5.49. The van der Waals surface area contributed by atoms with Crippen molar-refractivity contribution in [2.75, 3.05) is 0 Å². The van der Waals surface area contributed by atoms with Gasteiger partial charge in [0.25, 0.3) is 0 Å². The highest BCUT2D eigenvalue weighted by Gasteiger charge is 2.22. The summed E-state index contributed by atoms with van der Waals surface area (Å²) in [6, 6.07) is 6.79. The van der Waals surface area contributed by atoms with E-state index in [1.165, 1.54) is 19.3 Å². The van der Waals surface area contributed by atoms with Gasteiger partial charge in [-0.2, -0.15) is 0 Å². The van der Waals surface area contributed by atoms with E-state index in [0.717, 1.165) is 18.2 Å². The number of hydrogen-bond donors (Lipinski definition) is 1. The average molecular weight is 190 g/mol. The van der Waals surface area contributed by atoms with Gasteiger partial charge in [-0.05, 0) is 30.9 Å². The van der Waals surface area contributed by atoms with Crippen molar-refractivity contribution in [1.82, 2.24) is 10.3 Å². The maximum absolute atomic E-state index is 4.30. The van der Waals surface area contributed by atoms with Gasteiger partial charge in [0, 0.05) is 18.8 Å². The number of hydrogen-bond acceptors (Lipinski definition) is 2. The van der Waals surface area contributed by atoms with Crippen LogP contribution in [0, 0.1) is 5.92 Å². The van der Waals surface area contributed by atoms with Gasteiger partial charge in [-0.1, -0.05) is 19.4 Å². The van der Waals surface area contributed by atoms with Crippen molar-refractivity contribution in [1.29, 1.82) is 0 Å². The normalized spacial score (nSPS) is 26.6. The smallest absolute Gasteiger partial charge is 0.0541 e. The van der Waals surface area contributed by atoms with Gasteiger partial charge in [0.05, 0.1) is 5.69 Å². The second kappa shape index (κ2) is 4.56. The fourth-order valence-electron chi connectivity index (χ4n) is 2.19. The zero-order valence-electron chi connectivity index (χ0n) is 8.74. The van der Waals surface area contributed by atoms with Crippen molar-refractivity contribution in [2.45, 2.75) is 38.8 Å². The number of aromatic nitrogens is 1. The highest BCUT2D eigenvalue weighted by atomic mass is 14.9. The summed E-state index contributed by atoms with van der Waals surface area (Å²) in [6.07, 6.45) is 5.93. The van der Waals surface area contributed by atoms with Crippen molar-refractivity contribution in [3.05, 3.63) is 30.1 Å². The lowest BCUT2D eigenvalue weighted by Gasteiger charge is -2.16. The predicted octanol–water partition coefficient (Wildman–Crippen LogP) is 2.36. The third-order valence-electron chi connectivity index (χ3n) is 3.13. The lowest BCUT2D eigenvalue weighted by Crippen LogP contribution is -2.30. The topological polar surface area (TPSA) is 24.9 Å². The third-order valence-corrected chi connectivity index (χ3v) is 3.13. The molecule has 1 saturated carbocycles. The Hall–Kier alpha value is -0.890. The van der Waals surface area contributed by atoms with Crippen molar-refractivity contribution in [2.24, 2.45) is 5.92 Å². The lowest BCUT2D eigenvalue weighted by molar-refractivity contribution is 0.424. The van der Waals surface area contributed by atoms with E-state index in [4.69, 9.17) is 0 Å². The van der Waals surface area contributed by atoms with E-state index in [1.54, 1.807) is 0 Å². The number of rotatable bonds is 3. The molecule has 2 rings (SSSR count). The van der Waals surface area contributed by atoms with Crippen molar-refractivity contribution in [3.8, 4) is 0 Å². The van der Waals surface area contributed by atoms with Crippen LogP contribution in [0.3, 0.4) is 0 Å². The molecule has 0 spiro atoms. The summed E-state index contributed by atoms with van der Waals surface area (Å²) >= 11 is 0. The highest BCUT2D eigenvalue weighted by Crippen LogP contribution is 2.24. The minimum absolute atomic E-state index is 0.706. The van der Waals surface area contributed by atoms with Crippen LogP contribution in [0.15, 0.2) is 24.4 Å². The summed E-state index contributed by atoms with van der Waals surface area (Å²) < 4.78 is 0. The van der Waals surface area contributed by atoms with Gasteiger partial charge in [0.2, 0.25) is 0 Å². The average Bonchev–Trinajstić information content (AvgIpc) is 2.63. The van der Waals surface area contributed by atoms with E-state index in [1.807, 2.05) is 18.3 Å². The molecule has 14 heavy (non-hydrogen) atoms. The highest BCUT2D eigenvalue weighted by molar-refractivity contribution is 5.03. The van der Waals surface area contributed by atoms with Crippen LogP contribution in [0.4, 0.5) is 0 Å². The maximum Gasteiger partial charge on any atom is 0.0541 e. The largest absolute Gasteiger partial charge is 0.308 e. The summed E-state index contributed by atoms with van der Waals surface area (Å²) in [5.74, 6) is 0.832. The molecule has 0 aliphatic heterocycles. The second-order valence-electron chi connectivity index (χ2n) is 4.22. The Kier molecular flexibility index (Phi) is 3.14. The Labute approximate surface area is 85.7 Å². The molecule has 1 aromatic rings. The van der Waals surface area contributed by atoms with Gasteiger partial charge in [-0.15, -0.1) is 0 Å². The van der Waals surface area contributed by atoms with E-state index >= 15 is 0 Å². The molecule has 1 heterocycles. The Morgan fingerprint density at radius 2 is 2.36 bits per heavy atom. The fraction of sp³-hybridized carbons (Fsp3) is 0.583. The Balaban J connectivity index is 1.82. The summed E-state index contributed by atoms with van der Waals surface area (Å²) in [5, 5.41) is 3.59. The number of nitrogens with one attached hydrogen (secondary N) is 1. The van der Waals surface area contributed by atoms with Gasteiger partial charge >= 0.3 is 0 Å². The maximum atomic E-state index is 4.30. The zero-order valence-corrected chi connectivity index (χ0v) is 8.74. The van der Waals surface area contributed by atoms with Gasteiger partial charge in [0.15, 0.2) is 0 Å². The quantitative estimate of drug-likeness (QED) is 0.791. The molecule has 0 amide bonds. The standard InChI is InChI=1S/C12H18N2/c1-10-5-4-7-12(10)14-9-11-6-2-3-8-13-11/h2-3,6,8,10,12,14H,4-5,7,9H2,1H3/t10-,12-/m1/s1. The van der Waals surface area contributed by atoms with Gasteiger partial charge in [0.1, 0.15) is 0 Å². The van der Waals surface area contributed by atoms with Crippen LogP contribution in [0.25, 0.3) is 0 Å². The number of pyridine rings is 1. The van der Waals surface area contributed by atoms with Crippen molar-refractivity contribution >= 4 is 0 Å². The first-order chi connectivity index (χ1) is 6.86. The summed E-state index contributed by atoms with van der Waals surface area (Å²) in [5.41, 5.74) is 1.15.